The van der Waals surface area contributed by atoms with Gasteiger partial charge < -0.3 is 10.6 Å². The van der Waals surface area contributed by atoms with Crippen LogP contribution in [-0.2, 0) is 9.59 Å². The Hall–Kier alpha value is -3.07. The van der Waals surface area contributed by atoms with Crippen molar-refractivity contribution in [3.8, 4) is 5.69 Å². The van der Waals surface area contributed by atoms with Crippen molar-refractivity contribution >= 4 is 28.8 Å². The topological polar surface area (TPSA) is 102 Å². The number of nitrogens with zero attached hydrogens (tertiary/aromatic N) is 4. The summed E-state index contributed by atoms with van der Waals surface area (Å²) in [6, 6.07) is 10.6. The number of anilines is 1. The van der Waals surface area contributed by atoms with E-state index < -0.39 is 0 Å². The molecule has 0 fully saturated rings. The summed E-state index contributed by atoms with van der Waals surface area (Å²) < 4.78 is 1.50. The number of hydrogen-bond donors (Lipinski definition) is 2. The van der Waals surface area contributed by atoms with E-state index >= 15 is 0 Å². The SMILES string of the molecule is CC(=O)N[C@@H](CC(=O)Nc1cccc(-n2cnnn2)c1)c1cccs1. The molecule has 1 atom stereocenters. The molecular formula is C16H16N6O2S. The van der Waals surface area contributed by atoms with Gasteiger partial charge in [0.1, 0.15) is 6.33 Å². The van der Waals surface area contributed by atoms with Gasteiger partial charge in [-0.05, 0) is 40.1 Å². The van der Waals surface area contributed by atoms with Gasteiger partial charge in [-0.1, -0.05) is 12.1 Å². The fraction of sp³-hybridized carbons (Fsp3) is 0.188. The Kier molecular flexibility index (Phi) is 5.14. The van der Waals surface area contributed by atoms with E-state index in [4.69, 9.17) is 0 Å². The van der Waals surface area contributed by atoms with Gasteiger partial charge >= 0.3 is 0 Å². The molecule has 0 aliphatic rings. The maximum absolute atomic E-state index is 12.4. The molecule has 2 amide bonds. The number of aromatic nitrogens is 4. The third kappa shape index (κ3) is 4.48. The molecule has 0 aliphatic heterocycles. The number of carbonyl (C=O) groups is 2. The van der Waals surface area contributed by atoms with E-state index in [0.717, 1.165) is 10.6 Å². The van der Waals surface area contributed by atoms with Crippen LogP contribution in [0, 0.1) is 0 Å². The normalized spacial score (nSPS) is 11.7. The molecule has 0 bridgehead atoms. The molecule has 0 spiro atoms. The summed E-state index contributed by atoms with van der Waals surface area (Å²) in [4.78, 5) is 24.7. The summed E-state index contributed by atoms with van der Waals surface area (Å²) in [5, 5.41) is 18.6. The molecule has 0 saturated carbocycles. The average molecular weight is 356 g/mol. The lowest BCUT2D eigenvalue weighted by molar-refractivity contribution is -0.120. The highest BCUT2D eigenvalue weighted by Crippen LogP contribution is 2.23. The minimum atomic E-state index is -0.347. The van der Waals surface area contributed by atoms with Crippen molar-refractivity contribution in [3.63, 3.8) is 0 Å². The van der Waals surface area contributed by atoms with Gasteiger partial charge in [0.05, 0.1) is 18.2 Å². The second kappa shape index (κ2) is 7.67. The van der Waals surface area contributed by atoms with Gasteiger partial charge in [-0.25, -0.2) is 4.68 Å². The Morgan fingerprint density at radius 1 is 1.28 bits per heavy atom. The largest absolute Gasteiger partial charge is 0.348 e. The van der Waals surface area contributed by atoms with Gasteiger partial charge in [0, 0.05) is 17.5 Å². The predicted octanol–water partition coefficient (Wildman–Crippen LogP) is 1.93. The molecule has 0 aliphatic carbocycles. The quantitative estimate of drug-likeness (QED) is 0.703. The molecule has 0 saturated heterocycles. The zero-order valence-corrected chi connectivity index (χ0v) is 14.2. The summed E-state index contributed by atoms with van der Waals surface area (Å²) in [6.07, 6.45) is 1.62. The first-order valence-corrected chi connectivity index (χ1v) is 8.43. The predicted molar refractivity (Wildman–Crippen MR) is 93.3 cm³/mol. The van der Waals surface area contributed by atoms with Crippen LogP contribution in [0.15, 0.2) is 48.1 Å². The van der Waals surface area contributed by atoms with Gasteiger partial charge in [0.2, 0.25) is 11.8 Å². The molecule has 2 N–H and O–H groups in total. The first-order chi connectivity index (χ1) is 12.1. The van der Waals surface area contributed by atoms with Crippen LogP contribution in [0.4, 0.5) is 5.69 Å². The smallest absolute Gasteiger partial charge is 0.226 e. The van der Waals surface area contributed by atoms with Gasteiger partial charge in [-0.2, -0.15) is 0 Å². The van der Waals surface area contributed by atoms with Crippen molar-refractivity contribution in [2.75, 3.05) is 5.32 Å². The molecule has 3 rings (SSSR count). The standard InChI is InChI=1S/C16H16N6O2S/c1-11(23)18-14(15-6-3-7-25-15)9-16(24)19-12-4-2-5-13(8-12)22-10-17-20-21-22/h2-8,10,14H,9H2,1H3,(H,18,23)(H,19,24)/t14-/m0/s1. The number of amides is 2. The highest BCUT2D eigenvalue weighted by molar-refractivity contribution is 7.10. The molecule has 2 heterocycles. The van der Waals surface area contributed by atoms with Crippen LogP contribution in [0.3, 0.4) is 0 Å². The van der Waals surface area contributed by atoms with Crippen LogP contribution in [0.5, 0.6) is 0 Å². The number of rotatable bonds is 6. The van der Waals surface area contributed by atoms with E-state index in [1.165, 1.54) is 29.3 Å². The number of carbonyl (C=O) groups excluding carboxylic acids is 2. The molecule has 1 aromatic carbocycles. The van der Waals surface area contributed by atoms with Gasteiger partial charge in [0.15, 0.2) is 0 Å². The number of nitrogens with one attached hydrogen (secondary N) is 2. The Morgan fingerprint density at radius 3 is 2.84 bits per heavy atom. The monoisotopic (exact) mass is 356 g/mol. The zero-order valence-electron chi connectivity index (χ0n) is 13.4. The third-order valence-corrected chi connectivity index (χ3v) is 4.38. The maximum atomic E-state index is 12.4. The van der Waals surface area contributed by atoms with Crippen LogP contribution >= 0.6 is 11.3 Å². The lowest BCUT2D eigenvalue weighted by Gasteiger charge is -2.16. The van der Waals surface area contributed by atoms with E-state index in [9.17, 15) is 9.59 Å². The van der Waals surface area contributed by atoms with Crippen LogP contribution in [0.25, 0.3) is 5.69 Å². The number of thiophene rings is 1. The van der Waals surface area contributed by atoms with Crippen molar-refractivity contribution in [1.29, 1.82) is 0 Å². The second-order valence-electron chi connectivity index (χ2n) is 5.33. The summed E-state index contributed by atoms with van der Waals surface area (Å²) >= 11 is 1.50. The van der Waals surface area contributed by atoms with Crippen molar-refractivity contribution in [3.05, 3.63) is 53.0 Å². The van der Waals surface area contributed by atoms with Crippen LogP contribution in [0.1, 0.15) is 24.3 Å². The minimum Gasteiger partial charge on any atom is -0.348 e. The first kappa shape index (κ1) is 16.8. The van der Waals surface area contributed by atoms with Crippen molar-refractivity contribution < 1.29 is 9.59 Å². The fourth-order valence-electron chi connectivity index (χ4n) is 2.36. The lowest BCUT2D eigenvalue weighted by atomic mass is 10.1. The first-order valence-electron chi connectivity index (χ1n) is 7.55. The van der Waals surface area contributed by atoms with E-state index in [1.54, 1.807) is 18.2 Å². The average Bonchev–Trinajstić information content (AvgIpc) is 3.28. The lowest BCUT2D eigenvalue weighted by Crippen LogP contribution is -2.29. The Labute approximate surface area is 147 Å². The van der Waals surface area contributed by atoms with Crippen LogP contribution in [-0.4, -0.2) is 32.0 Å². The Bertz CT molecular complexity index is 847. The van der Waals surface area contributed by atoms with E-state index in [0.29, 0.717) is 5.69 Å². The van der Waals surface area contributed by atoms with Crippen LogP contribution < -0.4 is 10.6 Å². The minimum absolute atomic E-state index is 0.148. The number of tetrazole rings is 1. The summed E-state index contributed by atoms with van der Waals surface area (Å²) in [5.74, 6) is -0.368. The van der Waals surface area contributed by atoms with Crippen LogP contribution in [0.2, 0.25) is 0 Å². The summed E-state index contributed by atoms with van der Waals surface area (Å²) in [7, 11) is 0. The van der Waals surface area contributed by atoms with E-state index in [2.05, 4.69) is 26.2 Å². The molecule has 2 aromatic heterocycles. The molecule has 9 heteroatoms. The van der Waals surface area contributed by atoms with Crippen molar-refractivity contribution in [2.45, 2.75) is 19.4 Å². The third-order valence-electron chi connectivity index (χ3n) is 3.40. The molecular weight excluding hydrogens is 340 g/mol. The Morgan fingerprint density at radius 2 is 2.16 bits per heavy atom. The molecule has 25 heavy (non-hydrogen) atoms. The summed E-state index contributed by atoms with van der Waals surface area (Å²) in [5.41, 5.74) is 1.37. The maximum Gasteiger partial charge on any atom is 0.226 e. The zero-order chi connectivity index (χ0) is 17.6. The van der Waals surface area contributed by atoms with Gasteiger partial charge in [-0.15, -0.1) is 16.4 Å². The number of benzene rings is 1. The van der Waals surface area contributed by atoms with Crippen molar-refractivity contribution in [1.82, 2.24) is 25.5 Å². The Balaban J connectivity index is 1.69. The fourth-order valence-corrected chi connectivity index (χ4v) is 3.14. The van der Waals surface area contributed by atoms with E-state index in [-0.39, 0.29) is 24.3 Å². The highest BCUT2D eigenvalue weighted by Gasteiger charge is 2.18. The molecule has 0 unspecified atom stereocenters. The van der Waals surface area contributed by atoms with Gasteiger partial charge in [-0.3, -0.25) is 9.59 Å². The van der Waals surface area contributed by atoms with E-state index in [1.807, 2.05) is 23.6 Å². The molecule has 8 nitrogen and oxygen atoms in total. The molecule has 0 radical (unpaired) electrons. The molecule has 128 valence electrons. The summed E-state index contributed by atoms with van der Waals surface area (Å²) in [6.45, 7) is 1.44. The van der Waals surface area contributed by atoms with Crippen molar-refractivity contribution in [2.24, 2.45) is 0 Å². The molecule has 3 aromatic rings. The number of hydrogen-bond acceptors (Lipinski definition) is 6. The highest BCUT2D eigenvalue weighted by atomic mass is 32.1. The van der Waals surface area contributed by atoms with Gasteiger partial charge in [0.25, 0.3) is 0 Å². The second-order valence-corrected chi connectivity index (χ2v) is 6.30.